The molecule has 2 heterocycles. The van der Waals surface area contributed by atoms with Crippen LogP contribution in [0.25, 0.3) is 0 Å². The Balaban J connectivity index is 2.02. The lowest BCUT2D eigenvalue weighted by molar-refractivity contribution is 0.738. The number of nitrogens with one attached hydrogen (secondary N) is 1. The fourth-order valence-corrected chi connectivity index (χ4v) is 1.41. The van der Waals surface area contributed by atoms with Crippen molar-refractivity contribution in [3.8, 4) is 0 Å². The fourth-order valence-electron chi connectivity index (χ4n) is 1.31. The zero-order valence-electron chi connectivity index (χ0n) is 9.11. The van der Waals surface area contributed by atoms with Crippen molar-refractivity contribution in [1.29, 1.82) is 0 Å². The Morgan fingerprint density at radius 2 is 2.19 bits per heavy atom. The van der Waals surface area contributed by atoms with Crippen LogP contribution in [0.4, 0.5) is 5.82 Å². The molecular formula is C10H12ClN5. The summed E-state index contributed by atoms with van der Waals surface area (Å²) in [6, 6.07) is 3.49. The minimum absolute atomic E-state index is 0.392. The molecule has 84 valence electrons. The minimum atomic E-state index is 0.392. The molecule has 0 atom stereocenters. The first-order valence-electron chi connectivity index (χ1n) is 4.87. The van der Waals surface area contributed by atoms with Crippen LogP contribution in [-0.4, -0.2) is 20.0 Å². The van der Waals surface area contributed by atoms with Crippen LogP contribution in [0.5, 0.6) is 0 Å². The first-order valence-corrected chi connectivity index (χ1v) is 5.25. The highest BCUT2D eigenvalue weighted by Gasteiger charge is 2.03. The number of hydrogen-bond acceptors (Lipinski definition) is 4. The van der Waals surface area contributed by atoms with Gasteiger partial charge in [-0.25, -0.2) is 0 Å². The molecule has 0 aliphatic heterocycles. The lowest BCUT2D eigenvalue weighted by Crippen LogP contribution is -2.03. The van der Waals surface area contributed by atoms with Crippen molar-refractivity contribution in [2.45, 2.75) is 13.5 Å². The number of nitrogens with zero attached hydrogens (tertiary/aromatic N) is 4. The van der Waals surface area contributed by atoms with Crippen molar-refractivity contribution < 1.29 is 0 Å². The number of aromatic nitrogens is 4. The van der Waals surface area contributed by atoms with E-state index >= 15 is 0 Å². The van der Waals surface area contributed by atoms with E-state index in [9.17, 15) is 0 Å². The molecule has 2 aromatic rings. The Labute approximate surface area is 98.5 Å². The largest absolute Gasteiger partial charge is 0.364 e. The van der Waals surface area contributed by atoms with Crippen molar-refractivity contribution >= 4 is 17.4 Å². The smallest absolute Gasteiger partial charge is 0.151 e. The fraction of sp³-hybridized carbons (Fsp3) is 0.300. The number of halogens is 1. The molecule has 5 nitrogen and oxygen atoms in total. The Hall–Kier alpha value is -1.62. The highest BCUT2D eigenvalue weighted by molar-refractivity contribution is 6.29. The van der Waals surface area contributed by atoms with E-state index in [0.29, 0.717) is 17.5 Å². The molecule has 0 radical (unpaired) electrons. The van der Waals surface area contributed by atoms with E-state index in [1.807, 2.05) is 24.9 Å². The Morgan fingerprint density at radius 3 is 2.75 bits per heavy atom. The SMILES string of the molecule is Cc1c(CNc2ccc(Cl)nn2)cnn1C. The molecule has 0 saturated carbocycles. The molecule has 2 aromatic heterocycles. The number of anilines is 1. The van der Waals surface area contributed by atoms with Gasteiger partial charge < -0.3 is 5.32 Å². The van der Waals surface area contributed by atoms with Crippen LogP contribution in [0, 0.1) is 6.92 Å². The molecule has 2 rings (SSSR count). The molecular weight excluding hydrogens is 226 g/mol. The van der Waals surface area contributed by atoms with Crippen LogP contribution in [0.2, 0.25) is 5.15 Å². The van der Waals surface area contributed by atoms with Crippen LogP contribution < -0.4 is 5.32 Å². The van der Waals surface area contributed by atoms with Gasteiger partial charge in [0.2, 0.25) is 0 Å². The van der Waals surface area contributed by atoms with Gasteiger partial charge in [0.25, 0.3) is 0 Å². The molecule has 0 unspecified atom stereocenters. The van der Waals surface area contributed by atoms with Gasteiger partial charge in [-0.1, -0.05) is 11.6 Å². The normalized spacial score (nSPS) is 10.4. The van der Waals surface area contributed by atoms with E-state index in [0.717, 1.165) is 11.3 Å². The molecule has 6 heteroatoms. The summed E-state index contributed by atoms with van der Waals surface area (Å²) < 4.78 is 1.84. The molecule has 0 fully saturated rings. The van der Waals surface area contributed by atoms with E-state index in [1.54, 1.807) is 12.1 Å². The molecule has 0 aliphatic rings. The summed E-state index contributed by atoms with van der Waals surface area (Å²) in [7, 11) is 1.92. The number of hydrogen-bond donors (Lipinski definition) is 1. The third kappa shape index (κ3) is 2.30. The van der Waals surface area contributed by atoms with Crippen molar-refractivity contribution in [3.05, 3.63) is 34.7 Å². The third-order valence-corrected chi connectivity index (χ3v) is 2.63. The van der Waals surface area contributed by atoms with Gasteiger partial charge in [0, 0.05) is 24.8 Å². The summed E-state index contributed by atoms with van der Waals surface area (Å²) in [5.41, 5.74) is 2.27. The maximum Gasteiger partial charge on any atom is 0.151 e. The summed E-state index contributed by atoms with van der Waals surface area (Å²) >= 11 is 5.64. The Morgan fingerprint density at radius 1 is 1.38 bits per heavy atom. The first-order chi connectivity index (χ1) is 7.66. The van der Waals surface area contributed by atoms with Crippen LogP contribution in [0.1, 0.15) is 11.3 Å². The molecule has 0 aliphatic carbocycles. The highest BCUT2D eigenvalue weighted by Crippen LogP contribution is 2.10. The lowest BCUT2D eigenvalue weighted by Gasteiger charge is -2.04. The number of rotatable bonds is 3. The van der Waals surface area contributed by atoms with Gasteiger partial charge in [0.1, 0.15) is 5.82 Å². The zero-order valence-corrected chi connectivity index (χ0v) is 9.86. The van der Waals surface area contributed by atoms with Crippen molar-refractivity contribution in [2.24, 2.45) is 7.05 Å². The molecule has 0 bridgehead atoms. The predicted molar refractivity (Wildman–Crippen MR) is 62.3 cm³/mol. The monoisotopic (exact) mass is 237 g/mol. The van der Waals surface area contributed by atoms with E-state index in [1.165, 1.54) is 0 Å². The highest BCUT2D eigenvalue weighted by atomic mass is 35.5. The second kappa shape index (κ2) is 4.49. The van der Waals surface area contributed by atoms with Crippen molar-refractivity contribution in [1.82, 2.24) is 20.0 Å². The van der Waals surface area contributed by atoms with Gasteiger partial charge >= 0.3 is 0 Å². The summed E-state index contributed by atoms with van der Waals surface area (Å²) in [6.45, 7) is 2.70. The summed E-state index contributed by atoms with van der Waals surface area (Å²) in [4.78, 5) is 0. The average Bonchev–Trinajstić information content (AvgIpc) is 2.60. The molecule has 0 saturated heterocycles. The van der Waals surface area contributed by atoms with Crippen LogP contribution in [0.3, 0.4) is 0 Å². The summed E-state index contributed by atoms with van der Waals surface area (Å²) in [5, 5.41) is 15.4. The predicted octanol–water partition coefficient (Wildman–Crippen LogP) is 1.78. The summed E-state index contributed by atoms with van der Waals surface area (Å²) in [6.07, 6.45) is 1.84. The van der Waals surface area contributed by atoms with E-state index in [2.05, 4.69) is 20.6 Å². The van der Waals surface area contributed by atoms with Gasteiger partial charge in [0.05, 0.1) is 6.20 Å². The lowest BCUT2D eigenvalue weighted by atomic mass is 10.2. The van der Waals surface area contributed by atoms with E-state index in [4.69, 9.17) is 11.6 Å². The van der Waals surface area contributed by atoms with Crippen LogP contribution in [0.15, 0.2) is 18.3 Å². The van der Waals surface area contributed by atoms with Gasteiger partial charge in [0.15, 0.2) is 5.15 Å². The minimum Gasteiger partial charge on any atom is -0.364 e. The maximum atomic E-state index is 5.64. The third-order valence-electron chi connectivity index (χ3n) is 2.43. The second-order valence-electron chi connectivity index (χ2n) is 3.47. The Bertz CT molecular complexity index is 476. The zero-order chi connectivity index (χ0) is 11.5. The number of aryl methyl sites for hydroxylation is 1. The first kappa shape index (κ1) is 10.9. The van der Waals surface area contributed by atoms with E-state index in [-0.39, 0.29) is 0 Å². The van der Waals surface area contributed by atoms with Crippen molar-refractivity contribution in [3.63, 3.8) is 0 Å². The molecule has 0 aromatic carbocycles. The summed E-state index contributed by atoms with van der Waals surface area (Å²) in [5.74, 6) is 0.702. The standard InChI is InChI=1S/C10H12ClN5/c1-7-8(6-13-16(7)2)5-12-10-4-3-9(11)14-15-10/h3-4,6H,5H2,1-2H3,(H,12,15). The molecule has 0 spiro atoms. The van der Waals surface area contributed by atoms with Crippen LogP contribution >= 0.6 is 11.6 Å². The topological polar surface area (TPSA) is 55.6 Å². The maximum absolute atomic E-state index is 5.64. The van der Waals surface area contributed by atoms with Gasteiger partial charge in [-0.05, 0) is 19.1 Å². The quantitative estimate of drug-likeness (QED) is 0.884. The van der Waals surface area contributed by atoms with Gasteiger partial charge in [-0.3, -0.25) is 4.68 Å². The van der Waals surface area contributed by atoms with Gasteiger partial charge in [-0.15, -0.1) is 10.2 Å². The molecule has 16 heavy (non-hydrogen) atoms. The second-order valence-corrected chi connectivity index (χ2v) is 3.86. The van der Waals surface area contributed by atoms with Crippen LogP contribution in [-0.2, 0) is 13.6 Å². The molecule has 1 N–H and O–H groups in total. The average molecular weight is 238 g/mol. The van der Waals surface area contributed by atoms with Gasteiger partial charge in [-0.2, -0.15) is 5.10 Å². The van der Waals surface area contributed by atoms with E-state index < -0.39 is 0 Å². The van der Waals surface area contributed by atoms with Crippen molar-refractivity contribution in [2.75, 3.05) is 5.32 Å². The molecule has 0 amide bonds. The Kier molecular flexibility index (Phi) is 3.05.